The quantitative estimate of drug-likeness (QED) is 0.389. The maximum absolute atomic E-state index is 2.12. The lowest BCUT2D eigenvalue weighted by atomic mass is 10.6. The minimum Gasteiger partial charge on any atom is -0.0776 e. The molecule has 0 aliphatic carbocycles. The van der Waals surface area contributed by atoms with Gasteiger partial charge in [0.1, 0.15) is 0 Å². The molecule has 0 rings (SSSR count). The molecular formula is C20H62B2. The Bertz CT molecular complexity index is 9.67. The maximum Gasteiger partial charge on any atom is 0 e. The van der Waals surface area contributed by atoms with Crippen LogP contribution in [-0.2, 0) is 0 Å². The number of hydrogen-bond acceptors (Lipinski definition) is 0. The van der Waals surface area contributed by atoms with Crippen LogP contribution in [0, 0.1) is 0 Å². The van der Waals surface area contributed by atoms with Gasteiger partial charge in [-0.25, -0.2) is 0 Å². The Morgan fingerprint density at radius 1 is 0.318 bits per heavy atom. The number of rotatable bonds is 0. The van der Waals surface area contributed by atoms with Crippen LogP contribution in [0.15, 0.2) is 0 Å². The van der Waals surface area contributed by atoms with Gasteiger partial charge in [-0.3, -0.25) is 0 Å². The zero-order valence-corrected chi connectivity index (χ0v) is 17.9. The summed E-state index contributed by atoms with van der Waals surface area (Å²) in [6, 6.07) is 0. The summed E-state index contributed by atoms with van der Waals surface area (Å²) in [5.41, 5.74) is 0. The third-order valence-electron chi connectivity index (χ3n) is 0. The van der Waals surface area contributed by atoms with E-state index in [0.29, 0.717) is 0 Å². The Morgan fingerprint density at radius 2 is 0.318 bits per heavy atom. The molecule has 0 aromatic rings. The first-order valence-corrected chi connectivity index (χ1v) is 8.41. The van der Waals surface area contributed by atoms with Crippen LogP contribution in [0.1, 0.15) is 139 Å². The zero-order chi connectivity index (χ0) is 16.7. The molecule has 0 aliphatic heterocycles. The van der Waals surface area contributed by atoms with E-state index in [1.807, 2.05) is 96.9 Å². The molecule has 0 amide bonds. The molecule has 0 N–H and O–H groups in total. The van der Waals surface area contributed by atoms with E-state index in [4.69, 9.17) is 0 Å². The Kier molecular flexibility index (Phi) is 36100. The zero-order valence-electron chi connectivity index (χ0n) is 17.9. The monoisotopic (exact) mass is 325 g/mol. The van der Waals surface area contributed by atoms with Gasteiger partial charge in [-0.2, -0.15) is 0 Å². The third-order valence-corrected chi connectivity index (χ3v) is 0. The summed E-state index contributed by atoms with van der Waals surface area (Å²) in [5, 5.41) is 0. The largest absolute Gasteiger partial charge is 0.0776 e. The molecule has 0 aliphatic rings. The van der Waals surface area contributed by atoms with Crippen LogP contribution in [-0.4, -0.2) is 16.8 Å². The van der Waals surface area contributed by atoms with Gasteiger partial charge in [0.2, 0.25) is 0 Å². The Hall–Kier alpha value is 0.130. The second kappa shape index (κ2) is 6710. The second-order valence-corrected chi connectivity index (χ2v) is 0.707. The van der Waals surface area contributed by atoms with Gasteiger partial charge in [-0.05, 0) is 0 Å². The van der Waals surface area contributed by atoms with Crippen LogP contribution >= 0.6 is 0 Å². The highest BCUT2D eigenvalue weighted by Crippen LogP contribution is 1.56. The smallest absolute Gasteiger partial charge is 0 e. The molecule has 2 heteroatoms. The lowest BCUT2D eigenvalue weighted by Crippen LogP contribution is -1.27. The van der Waals surface area contributed by atoms with Crippen molar-refractivity contribution in [1.82, 2.24) is 0 Å². The van der Waals surface area contributed by atoms with Gasteiger partial charge in [0.25, 0.3) is 0 Å². The van der Waals surface area contributed by atoms with Crippen LogP contribution in [0.2, 0.25) is 0 Å². The van der Waals surface area contributed by atoms with E-state index in [1.165, 1.54) is 6.42 Å². The normalized spacial score (nSPS) is 2.73. The average molecular weight is 324 g/mol. The van der Waals surface area contributed by atoms with Crippen molar-refractivity contribution in [2.45, 2.75) is 139 Å². The van der Waals surface area contributed by atoms with Gasteiger partial charge in [0, 0.05) is 16.8 Å². The second-order valence-electron chi connectivity index (χ2n) is 0.707. The number of hydrogen-bond donors (Lipinski definition) is 0. The molecule has 148 valence electrons. The predicted octanol–water partition coefficient (Wildman–Crippen LogP) is 9.75. The van der Waals surface area contributed by atoms with Gasteiger partial charge >= 0.3 is 0 Å². The molecule has 0 nitrogen and oxygen atoms in total. The Labute approximate surface area is 156 Å². The van der Waals surface area contributed by atoms with E-state index in [2.05, 4.69) is 13.8 Å². The van der Waals surface area contributed by atoms with E-state index >= 15 is 0 Å². The first-order valence-electron chi connectivity index (χ1n) is 8.41. The summed E-state index contributed by atoms with van der Waals surface area (Å²) in [6.07, 6.45) is 1.25. The lowest BCUT2D eigenvalue weighted by molar-refractivity contribution is 1.09. The molecule has 0 fully saturated rings. The summed E-state index contributed by atoms with van der Waals surface area (Å²) in [4.78, 5) is 0. The van der Waals surface area contributed by atoms with Crippen molar-refractivity contribution in [3.8, 4) is 0 Å². The Balaban J connectivity index is -0.00000000372. The molecule has 0 atom stereocenters. The SMILES string of the molecule is C.C.C.CC.CC.CC.CC.CC.CC.CC.CCC.[B].[B]. The molecule has 0 bridgehead atoms. The molecule has 0 aromatic heterocycles. The molecule has 0 heterocycles. The topological polar surface area (TPSA) is 0 Å². The summed E-state index contributed by atoms with van der Waals surface area (Å²) in [6.45, 7) is 32.2. The van der Waals surface area contributed by atoms with Crippen molar-refractivity contribution >= 4 is 16.8 Å². The van der Waals surface area contributed by atoms with E-state index < -0.39 is 0 Å². The highest BCUT2D eigenvalue weighted by molar-refractivity contribution is 5.76. The molecule has 0 spiro atoms. The molecule has 0 aromatic carbocycles. The summed E-state index contributed by atoms with van der Waals surface area (Å²) < 4.78 is 0. The highest BCUT2D eigenvalue weighted by Gasteiger charge is 1.35. The van der Waals surface area contributed by atoms with Crippen LogP contribution in [0.3, 0.4) is 0 Å². The van der Waals surface area contributed by atoms with E-state index in [1.54, 1.807) is 0 Å². The predicted molar refractivity (Wildman–Crippen MR) is 127 cm³/mol. The van der Waals surface area contributed by atoms with Crippen molar-refractivity contribution in [2.24, 2.45) is 0 Å². The van der Waals surface area contributed by atoms with Crippen LogP contribution in [0.25, 0.3) is 0 Å². The third kappa shape index (κ3) is 437000. The molecular weight excluding hydrogens is 262 g/mol. The fourth-order valence-corrected chi connectivity index (χ4v) is 0. The van der Waals surface area contributed by atoms with E-state index in [0.717, 1.165) is 0 Å². The van der Waals surface area contributed by atoms with Gasteiger partial charge in [-0.1, -0.05) is 139 Å². The van der Waals surface area contributed by atoms with Gasteiger partial charge in [-0.15, -0.1) is 0 Å². The molecule has 0 unspecified atom stereocenters. The Morgan fingerprint density at radius 3 is 0.318 bits per heavy atom. The van der Waals surface area contributed by atoms with Gasteiger partial charge in [0.05, 0.1) is 0 Å². The van der Waals surface area contributed by atoms with Gasteiger partial charge in [0.15, 0.2) is 0 Å². The van der Waals surface area contributed by atoms with Crippen molar-refractivity contribution in [3.05, 3.63) is 0 Å². The van der Waals surface area contributed by atoms with Crippen LogP contribution in [0.5, 0.6) is 0 Å². The van der Waals surface area contributed by atoms with Crippen LogP contribution in [0.4, 0.5) is 0 Å². The lowest BCUT2D eigenvalue weighted by Gasteiger charge is -1.48. The van der Waals surface area contributed by atoms with Crippen molar-refractivity contribution in [1.29, 1.82) is 0 Å². The molecule has 0 saturated heterocycles. The fourth-order valence-electron chi connectivity index (χ4n) is 0. The minimum atomic E-state index is 0. The summed E-state index contributed by atoms with van der Waals surface area (Å²) >= 11 is 0. The van der Waals surface area contributed by atoms with E-state index in [-0.39, 0.29) is 39.1 Å². The highest BCUT2D eigenvalue weighted by atomic mass is 13.4. The maximum atomic E-state index is 2.12. The van der Waals surface area contributed by atoms with Crippen LogP contribution < -0.4 is 0 Å². The molecule has 0 saturated carbocycles. The minimum absolute atomic E-state index is 0. The first-order chi connectivity index (χ1) is 8.41. The summed E-state index contributed by atoms with van der Waals surface area (Å²) in [7, 11) is 0. The standard InChI is InChI=1S/C3H8.7C2H6.3CH4.2B/c1-3-2;7*1-2;;;;;/h3H2,1-2H3;7*1-2H3;3*1H4;;. The molecule has 6 radical (unpaired) electrons. The van der Waals surface area contributed by atoms with Crippen molar-refractivity contribution < 1.29 is 0 Å². The first kappa shape index (κ1) is 119. The fraction of sp³-hybridized carbons (Fsp3) is 1.00. The van der Waals surface area contributed by atoms with E-state index in [9.17, 15) is 0 Å². The van der Waals surface area contributed by atoms with Crippen molar-refractivity contribution in [3.63, 3.8) is 0 Å². The average Bonchev–Trinajstić information content (AvgIpc) is 2.53. The summed E-state index contributed by atoms with van der Waals surface area (Å²) in [5.74, 6) is 0. The van der Waals surface area contributed by atoms with Gasteiger partial charge < -0.3 is 0 Å². The molecule has 22 heavy (non-hydrogen) atoms. The van der Waals surface area contributed by atoms with Crippen molar-refractivity contribution in [2.75, 3.05) is 0 Å².